The van der Waals surface area contributed by atoms with Crippen LogP contribution in [0.4, 0.5) is 0 Å². The van der Waals surface area contributed by atoms with Crippen LogP contribution in [-0.2, 0) is 11.2 Å². The van der Waals surface area contributed by atoms with Crippen molar-refractivity contribution in [3.63, 3.8) is 0 Å². The fraction of sp³-hybridized carbons (Fsp3) is 0.409. The molecule has 1 aliphatic carbocycles. The lowest BCUT2D eigenvalue weighted by Gasteiger charge is -2.33. The third-order valence-corrected chi connectivity index (χ3v) is 5.75. The lowest BCUT2D eigenvalue weighted by molar-refractivity contribution is 0.0301. The molecule has 1 saturated heterocycles. The molecule has 2 aromatic rings. The van der Waals surface area contributed by atoms with E-state index in [4.69, 9.17) is 16.3 Å². The summed E-state index contributed by atoms with van der Waals surface area (Å²) in [5, 5.41) is 0.549. The highest BCUT2D eigenvalue weighted by Crippen LogP contribution is 2.35. The fourth-order valence-electron chi connectivity index (χ4n) is 4.07. The fourth-order valence-corrected chi connectivity index (χ4v) is 4.19. The molecule has 2 heterocycles. The number of benzene rings is 1. The number of ketones is 1. The molecular formula is C22H23ClN2O4. The number of amides is 1. The second-order valence-electron chi connectivity index (χ2n) is 8.38. The van der Waals surface area contributed by atoms with Crippen molar-refractivity contribution >= 4 is 23.3 Å². The Labute approximate surface area is 174 Å². The van der Waals surface area contributed by atoms with Gasteiger partial charge in [-0.05, 0) is 42.2 Å². The van der Waals surface area contributed by atoms with Crippen LogP contribution in [0, 0.1) is 5.41 Å². The molecule has 0 atom stereocenters. The van der Waals surface area contributed by atoms with Crippen LogP contribution in [0.1, 0.15) is 46.7 Å². The third kappa shape index (κ3) is 3.74. The van der Waals surface area contributed by atoms with Gasteiger partial charge in [-0.3, -0.25) is 19.0 Å². The van der Waals surface area contributed by atoms with E-state index in [0.717, 1.165) is 0 Å². The number of pyridine rings is 1. The molecule has 2 aliphatic rings. The highest BCUT2D eigenvalue weighted by atomic mass is 35.5. The average Bonchev–Trinajstić information content (AvgIpc) is 2.68. The van der Waals surface area contributed by atoms with E-state index in [9.17, 15) is 14.4 Å². The average molecular weight is 415 g/mol. The summed E-state index contributed by atoms with van der Waals surface area (Å²) in [5.41, 5.74) is 1.05. The summed E-state index contributed by atoms with van der Waals surface area (Å²) in [6.45, 7) is 5.76. The largest absolute Gasteiger partial charge is 0.378 e. The van der Waals surface area contributed by atoms with Crippen LogP contribution in [0.3, 0.4) is 0 Å². The molecule has 1 amide bonds. The van der Waals surface area contributed by atoms with Crippen LogP contribution >= 0.6 is 11.6 Å². The summed E-state index contributed by atoms with van der Waals surface area (Å²) in [4.78, 5) is 41.1. The Kier molecular flexibility index (Phi) is 5.09. The summed E-state index contributed by atoms with van der Waals surface area (Å²) in [6, 6.07) is 8.36. The minimum absolute atomic E-state index is 0.0219. The quantitative estimate of drug-likeness (QED) is 0.757. The maximum Gasteiger partial charge on any atom is 0.268 e. The van der Waals surface area contributed by atoms with Gasteiger partial charge in [-0.25, -0.2) is 0 Å². The maximum atomic E-state index is 13.5. The molecular weight excluding hydrogens is 392 g/mol. The first-order valence-electron chi connectivity index (χ1n) is 9.72. The predicted octanol–water partition coefficient (Wildman–Crippen LogP) is 3.12. The number of aromatic nitrogens is 1. The number of hydrogen-bond donors (Lipinski definition) is 0. The zero-order valence-electron chi connectivity index (χ0n) is 16.5. The minimum Gasteiger partial charge on any atom is -0.378 e. The summed E-state index contributed by atoms with van der Waals surface area (Å²) in [7, 11) is 0. The topological polar surface area (TPSA) is 68.6 Å². The summed E-state index contributed by atoms with van der Waals surface area (Å²) >= 11 is 6.02. The Morgan fingerprint density at radius 2 is 1.72 bits per heavy atom. The van der Waals surface area contributed by atoms with E-state index in [2.05, 4.69) is 0 Å². The van der Waals surface area contributed by atoms with E-state index in [0.29, 0.717) is 61.1 Å². The smallest absolute Gasteiger partial charge is 0.268 e. The molecule has 0 unspecified atom stereocenters. The molecule has 152 valence electrons. The number of morpholine rings is 1. The van der Waals surface area contributed by atoms with Gasteiger partial charge in [-0.2, -0.15) is 0 Å². The monoisotopic (exact) mass is 414 g/mol. The molecule has 4 rings (SSSR count). The van der Waals surface area contributed by atoms with E-state index < -0.39 is 5.56 Å². The molecule has 0 N–H and O–H groups in total. The van der Waals surface area contributed by atoms with Crippen molar-refractivity contribution in [2.75, 3.05) is 26.3 Å². The standard InChI is InChI=1S/C22H23ClN2O4/c1-22(2)12-18-16(19(26)13-22)11-17(20(27)24-7-9-29-10-8-24)21(28)25(18)15-5-3-14(23)4-6-15/h3-6,11H,7-10,12-13H2,1-2H3. The Hall–Kier alpha value is -2.44. The lowest BCUT2D eigenvalue weighted by atomic mass is 9.75. The van der Waals surface area contributed by atoms with Gasteiger partial charge >= 0.3 is 0 Å². The van der Waals surface area contributed by atoms with Crippen molar-refractivity contribution in [1.29, 1.82) is 0 Å². The number of fused-ring (bicyclic) bond motifs is 1. The van der Waals surface area contributed by atoms with Gasteiger partial charge in [0.25, 0.3) is 11.5 Å². The van der Waals surface area contributed by atoms with Gasteiger partial charge in [0.1, 0.15) is 5.56 Å². The number of hydrogen-bond acceptors (Lipinski definition) is 4. The van der Waals surface area contributed by atoms with Crippen LogP contribution in [0.25, 0.3) is 5.69 Å². The molecule has 1 fully saturated rings. The molecule has 0 saturated carbocycles. The molecule has 29 heavy (non-hydrogen) atoms. The molecule has 0 radical (unpaired) electrons. The maximum absolute atomic E-state index is 13.5. The van der Waals surface area contributed by atoms with Gasteiger partial charge < -0.3 is 9.64 Å². The minimum atomic E-state index is -0.409. The highest BCUT2D eigenvalue weighted by Gasteiger charge is 2.35. The normalized spacial score (nSPS) is 18.4. The number of carbonyl (C=O) groups excluding carboxylic acids is 2. The van der Waals surface area contributed by atoms with Crippen molar-refractivity contribution in [3.05, 3.63) is 62.5 Å². The Morgan fingerprint density at radius 1 is 1.07 bits per heavy atom. The van der Waals surface area contributed by atoms with Crippen LogP contribution in [0.5, 0.6) is 0 Å². The Balaban J connectivity index is 1.93. The van der Waals surface area contributed by atoms with Crippen molar-refractivity contribution in [3.8, 4) is 5.69 Å². The highest BCUT2D eigenvalue weighted by molar-refractivity contribution is 6.30. The molecule has 6 nitrogen and oxygen atoms in total. The van der Waals surface area contributed by atoms with Gasteiger partial charge in [0.15, 0.2) is 5.78 Å². The van der Waals surface area contributed by atoms with E-state index in [1.807, 2.05) is 13.8 Å². The Morgan fingerprint density at radius 3 is 2.38 bits per heavy atom. The molecule has 7 heteroatoms. The predicted molar refractivity (Wildman–Crippen MR) is 110 cm³/mol. The number of ether oxygens (including phenoxy) is 1. The van der Waals surface area contributed by atoms with E-state index in [1.54, 1.807) is 29.2 Å². The Bertz CT molecular complexity index is 1030. The third-order valence-electron chi connectivity index (χ3n) is 5.50. The van der Waals surface area contributed by atoms with Crippen molar-refractivity contribution in [1.82, 2.24) is 9.47 Å². The first kappa shape index (κ1) is 19.9. The number of rotatable bonds is 2. The van der Waals surface area contributed by atoms with Gasteiger partial charge in [-0.15, -0.1) is 0 Å². The van der Waals surface area contributed by atoms with E-state index in [-0.39, 0.29) is 22.7 Å². The number of Topliss-reactive ketones (excluding diaryl/α,β-unsaturated/α-hetero) is 1. The van der Waals surface area contributed by atoms with E-state index in [1.165, 1.54) is 10.6 Å². The summed E-state index contributed by atoms with van der Waals surface area (Å²) in [6.07, 6.45) is 0.946. The number of halogens is 1. The first-order valence-corrected chi connectivity index (χ1v) is 10.1. The van der Waals surface area contributed by atoms with Crippen LogP contribution in [0.2, 0.25) is 5.02 Å². The molecule has 1 aromatic heterocycles. The lowest BCUT2D eigenvalue weighted by Crippen LogP contribution is -2.44. The van der Waals surface area contributed by atoms with E-state index >= 15 is 0 Å². The SMILES string of the molecule is CC1(C)CC(=O)c2cc(C(=O)N3CCOCC3)c(=O)n(-c3ccc(Cl)cc3)c2C1. The molecule has 1 aliphatic heterocycles. The van der Waals surface area contributed by atoms with Gasteiger partial charge in [0, 0.05) is 41.5 Å². The van der Waals surface area contributed by atoms with Crippen molar-refractivity contribution < 1.29 is 14.3 Å². The molecule has 0 spiro atoms. The molecule has 0 bridgehead atoms. The van der Waals surface area contributed by atoms with Crippen LogP contribution in [-0.4, -0.2) is 47.5 Å². The first-order chi connectivity index (χ1) is 13.8. The number of nitrogens with zero attached hydrogens (tertiary/aromatic N) is 2. The van der Waals surface area contributed by atoms with Gasteiger partial charge in [-0.1, -0.05) is 25.4 Å². The second-order valence-corrected chi connectivity index (χ2v) is 8.82. The van der Waals surface area contributed by atoms with Crippen LogP contribution < -0.4 is 5.56 Å². The van der Waals surface area contributed by atoms with Crippen molar-refractivity contribution in [2.45, 2.75) is 26.7 Å². The van der Waals surface area contributed by atoms with Gasteiger partial charge in [0.2, 0.25) is 0 Å². The zero-order valence-corrected chi connectivity index (χ0v) is 17.3. The van der Waals surface area contributed by atoms with Crippen molar-refractivity contribution in [2.24, 2.45) is 5.41 Å². The van der Waals surface area contributed by atoms with Crippen LogP contribution in [0.15, 0.2) is 35.1 Å². The van der Waals surface area contributed by atoms with Gasteiger partial charge in [0.05, 0.1) is 13.2 Å². The summed E-state index contributed by atoms with van der Waals surface area (Å²) < 4.78 is 6.82. The second kappa shape index (κ2) is 7.43. The zero-order chi connectivity index (χ0) is 20.8. The number of carbonyl (C=O) groups is 2. The molecule has 1 aromatic carbocycles. The summed E-state index contributed by atoms with van der Waals surface area (Å²) in [5.74, 6) is -0.406.